The summed E-state index contributed by atoms with van der Waals surface area (Å²) in [4.78, 5) is 3.90. The molecule has 1 aromatic rings. The van der Waals surface area contributed by atoms with Crippen LogP contribution in [0.1, 0.15) is 44.7 Å². The van der Waals surface area contributed by atoms with Crippen LogP contribution in [0.3, 0.4) is 0 Å². The van der Waals surface area contributed by atoms with Crippen molar-refractivity contribution in [2.45, 2.75) is 43.9 Å². The lowest BCUT2D eigenvalue weighted by atomic mass is 9.81. The number of pyridine rings is 1. The Bertz CT molecular complexity index is 597. The quantitative estimate of drug-likeness (QED) is 0.905. The van der Waals surface area contributed by atoms with Gasteiger partial charge in [-0.15, -0.1) is 0 Å². The van der Waals surface area contributed by atoms with Crippen LogP contribution in [-0.2, 0) is 10.0 Å². The first kappa shape index (κ1) is 15.9. The Morgan fingerprint density at radius 3 is 2.62 bits per heavy atom. The van der Waals surface area contributed by atoms with E-state index < -0.39 is 10.0 Å². The van der Waals surface area contributed by atoms with Gasteiger partial charge in [-0.3, -0.25) is 0 Å². The third-order valence-electron chi connectivity index (χ3n) is 4.14. The summed E-state index contributed by atoms with van der Waals surface area (Å²) in [5.41, 5.74) is 0.213. The molecule has 0 radical (unpaired) electrons. The van der Waals surface area contributed by atoms with E-state index in [2.05, 4.69) is 16.6 Å². The van der Waals surface area contributed by atoms with Crippen LogP contribution < -0.4 is 4.72 Å². The van der Waals surface area contributed by atoms with Crippen molar-refractivity contribution in [1.29, 1.82) is 5.26 Å². The molecule has 6 heteroatoms. The van der Waals surface area contributed by atoms with Gasteiger partial charge in [-0.1, -0.05) is 32.6 Å². The fourth-order valence-corrected chi connectivity index (χ4v) is 3.70. The van der Waals surface area contributed by atoms with Crippen LogP contribution in [0.15, 0.2) is 23.2 Å². The highest BCUT2D eigenvalue weighted by molar-refractivity contribution is 7.89. The highest BCUT2D eigenvalue weighted by atomic mass is 32.2. The summed E-state index contributed by atoms with van der Waals surface area (Å²) in [7, 11) is -3.52. The predicted molar refractivity (Wildman–Crippen MR) is 79.9 cm³/mol. The molecule has 0 aromatic carbocycles. The van der Waals surface area contributed by atoms with Crippen LogP contribution in [-0.4, -0.2) is 19.9 Å². The average Bonchev–Trinajstić information content (AvgIpc) is 2.49. The molecule has 1 aliphatic rings. The number of nitrogens with one attached hydrogen (secondary N) is 1. The van der Waals surface area contributed by atoms with Gasteiger partial charge >= 0.3 is 0 Å². The molecule has 2 rings (SSSR count). The number of nitrogens with zero attached hydrogens (tertiary/aromatic N) is 2. The maximum atomic E-state index is 12.1. The summed E-state index contributed by atoms with van der Waals surface area (Å²) in [5, 5.41) is 8.66. The Labute approximate surface area is 126 Å². The molecule has 1 N–H and O–H groups in total. The number of nitriles is 1. The molecule has 21 heavy (non-hydrogen) atoms. The number of rotatable bonds is 5. The van der Waals surface area contributed by atoms with E-state index in [0.717, 1.165) is 12.3 Å². The van der Waals surface area contributed by atoms with Crippen molar-refractivity contribution in [2.24, 2.45) is 11.8 Å². The monoisotopic (exact) mass is 307 g/mol. The van der Waals surface area contributed by atoms with Crippen LogP contribution >= 0.6 is 0 Å². The minimum Gasteiger partial charge on any atom is -0.244 e. The van der Waals surface area contributed by atoms with E-state index in [9.17, 15) is 8.42 Å². The highest BCUT2D eigenvalue weighted by Gasteiger charge is 2.19. The van der Waals surface area contributed by atoms with Crippen LogP contribution in [0.25, 0.3) is 0 Å². The Kier molecular flexibility index (Phi) is 5.32. The summed E-state index contributed by atoms with van der Waals surface area (Å²) in [6.07, 6.45) is 7.00. The first-order chi connectivity index (χ1) is 10.0. The third-order valence-corrected chi connectivity index (χ3v) is 5.59. The van der Waals surface area contributed by atoms with Crippen molar-refractivity contribution in [3.63, 3.8) is 0 Å². The molecular weight excluding hydrogens is 286 g/mol. The first-order valence-electron chi connectivity index (χ1n) is 7.37. The van der Waals surface area contributed by atoms with Crippen molar-refractivity contribution in [3.05, 3.63) is 24.0 Å². The van der Waals surface area contributed by atoms with Gasteiger partial charge in [0.05, 0.1) is 0 Å². The summed E-state index contributed by atoms with van der Waals surface area (Å²) in [6, 6.07) is 4.70. The number of hydrogen-bond acceptors (Lipinski definition) is 4. The second kappa shape index (κ2) is 7.01. The van der Waals surface area contributed by atoms with Gasteiger partial charge in [0.25, 0.3) is 0 Å². The molecule has 0 amide bonds. The molecular formula is C15H21N3O2S. The number of aromatic nitrogens is 1. The van der Waals surface area contributed by atoms with Crippen molar-refractivity contribution in [2.75, 3.05) is 6.54 Å². The predicted octanol–water partition coefficient (Wildman–Crippen LogP) is 2.45. The lowest BCUT2D eigenvalue weighted by molar-refractivity contribution is 0.278. The van der Waals surface area contributed by atoms with Crippen molar-refractivity contribution in [1.82, 2.24) is 9.71 Å². The number of hydrogen-bond donors (Lipinski definition) is 1. The normalized spacial score (nSPS) is 22.7. The van der Waals surface area contributed by atoms with E-state index >= 15 is 0 Å². The zero-order valence-electron chi connectivity index (χ0n) is 12.2. The summed E-state index contributed by atoms with van der Waals surface area (Å²) in [6.45, 7) is 2.73. The lowest BCUT2D eigenvalue weighted by Gasteiger charge is -2.26. The van der Waals surface area contributed by atoms with Gasteiger partial charge in [-0.05, 0) is 30.4 Å². The van der Waals surface area contributed by atoms with Crippen LogP contribution in [0.5, 0.6) is 0 Å². The molecule has 0 aliphatic heterocycles. The van der Waals surface area contributed by atoms with Crippen molar-refractivity contribution >= 4 is 10.0 Å². The minimum atomic E-state index is -3.52. The zero-order valence-corrected chi connectivity index (χ0v) is 13.1. The molecule has 1 heterocycles. The van der Waals surface area contributed by atoms with Crippen LogP contribution in [0.2, 0.25) is 0 Å². The van der Waals surface area contributed by atoms with Gasteiger partial charge in [0.1, 0.15) is 16.7 Å². The molecule has 0 unspecified atom stereocenters. The van der Waals surface area contributed by atoms with Gasteiger partial charge < -0.3 is 0 Å². The molecule has 0 bridgehead atoms. The second-order valence-corrected chi connectivity index (χ2v) is 7.57. The summed E-state index contributed by atoms with van der Waals surface area (Å²) >= 11 is 0. The molecule has 5 nitrogen and oxygen atoms in total. The molecule has 1 saturated carbocycles. The zero-order chi connectivity index (χ0) is 15.3. The SMILES string of the molecule is CC1CCC(CCNS(=O)(=O)c2ccc(C#N)nc2)CC1. The molecule has 0 saturated heterocycles. The first-order valence-corrected chi connectivity index (χ1v) is 8.85. The molecule has 1 fully saturated rings. The molecule has 1 aliphatic carbocycles. The minimum absolute atomic E-state index is 0.110. The van der Waals surface area contributed by atoms with E-state index in [1.807, 2.05) is 6.07 Å². The van der Waals surface area contributed by atoms with Crippen molar-refractivity contribution < 1.29 is 8.42 Å². The molecule has 1 aromatic heterocycles. The Hall–Kier alpha value is -1.45. The van der Waals surface area contributed by atoms with Crippen LogP contribution in [0.4, 0.5) is 0 Å². The topological polar surface area (TPSA) is 82.9 Å². The third kappa shape index (κ3) is 4.51. The maximum Gasteiger partial charge on any atom is 0.242 e. The van der Waals surface area contributed by atoms with Gasteiger partial charge in [-0.2, -0.15) is 5.26 Å². The van der Waals surface area contributed by atoms with E-state index in [-0.39, 0.29) is 10.6 Å². The summed E-state index contributed by atoms with van der Waals surface area (Å²) in [5.74, 6) is 1.44. The lowest BCUT2D eigenvalue weighted by Crippen LogP contribution is -2.27. The smallest absolute Gasteiger partial charge is 0.242 e. The highest BCUT2D eigenvalue weighted by Crippen LogP contribution is 2.30. The fraction of sp³-hybridized carbons (Fsp3) is 0.600. The van der Waals surface area contributed by atoms with Crippen LogP contribution in [0, 0.1) is 23.2 Å². The number of sulfonamides is 1. The Morgan fingerprint density at radius 1 is 1.33 bits per heavy atom. The van der Waals surface area contributed by atoms with E-state index in [1.165, 1.54) is 44.0 Å². The van der Waals surface area contributed by atoms with Crippen molar-refractivity contribution in [3.8, 4) is 6.07 Å². The Balaban J connectivity index is 1.85. The second-order valence-electron chi connectivity index (χ2n) is 5.80. The summed E-state index contributed by atoms with van der Waals surface area (Å²) < 4.78 is 26.8. The fourth-order valence-electron chi connectivity index (χ4n) is 2.70. The molecule has 0 spiro atoms. The molecule has 114 valence electrons. The van der Waals surface area contributed by atoms with Gasteiger partial charge in [0.15, 0.2) is 0 Å². The van der Waals surface area contributed by atoms with E-state index in [0.29, 0.717) is 12.5 Å². The largest absolute Gasteiger partial charge is 0.244 e. The van der Waals surface area contributed by atoms with Gasteiger partial charge in [0.2, 0.25) is 10.0 Å². The standard InChI is InChI=1S/C15H21N3O2S/c1-12-2-4-13(5-3-12)8-9-18-21(19,20)15-7-6-14(10-16)17-11-15/h6-7,11-13,18H,2-5,8-9H2,1H3. The van der Waals surface area contributed by atoms with Gasteiger partial charge in [-0.25, -0.2) is 18.1 Å². The maximum absolute atomic E-state index is 12.1. The molecule has 0 atom stereocenters. The van der Waals surface area contributed by atoms with Gasteiger partial charge in [0, 0.05) is 12.7 Å². The van der Waals surface area contributed by atoms with E-state index in [1.54, 1.807) is 0 Å². The van der Waals surface area contributed by atoms with E-state index in [4.69, 9.17) is 5.26 Å². The Morgan fingerprint density at radius 2 is 2.05 bits per heavy atom. The average molecular weight is 307 g/mol.